The number of amides is 1. The summed E-state index contributed by atoms with van der Waals surface area (Å²) < 4.78 is 0. The van der Waals surface area contributed by atoms with Gasteiger partial charge in [0.05, 0.1) is 13.0 Å². The summed E-state index contributed by atoms with van der Waals surface area (Å²) in [5, 5.41) is 12.2. The number of carbonyl (C=O) groups excluding carboxylic acids is 1. The van der Waals surface area contributed by atoms with Crippen molar-refractivity contribution in [3.8, 4) is 0 Å². The molecular weight excluding hydrogens is 230 g/mol. The van der Waals surface area contributed by atoms with E-state index in [1.165, 1.54) is 0 Å². The number of hydrogen-bond donors (Lipinski definition) is 3. The molecule has 1 aliphatic heterocycles. The standard InChI is InChI=1S/C13H19N3O2/c1-15-13(10(14)7-17)8-3-4-11-9(5-8)6-12(18)16(11)2/h3-5,10,13,15,17H,6-7,14H2,1-2H3. The number of benzene rings is 1. The highest BCUT2D eigenvalue weighted by molar-refractivity contribution is 6.00. The Balaban J connectivity index is 2.32. The summed E-state index contributed by atoms with van der Waals surface area (Å²) in [5.41, 5.74) is 8.84. The quantitative estimate of drug-likeness (QED) is 0.689. The van der Waals surface area contributed by atoms with Crippen molar-refractivity contribution in [1.82, 2.24) is 5.32 Å². The van der Waals surface area contributed by atoms with Crippen LogP contribution in [0.25, 0.3) is 0 Å². The zero-order valence-electron chi connectivity index (χ0n) is 10.7. The maximum Gasteiger partial charge on any atom is 0.231 e. The fraction of sp³-hybridized carbons (Fsp3) is 0.462. The predicted molar refractivity (Wildman–Crippen MR) is 70.4 cm³/mol. The van der Waals surface area contributed by atoms with Crippen molar-refractivity contribution in [2.45, 2.75) is 18.5 Å². The normalized spacial score (nSPS) is 17.8. The molecule has 5 heteroatoms. The first-order chi connectivity index (χ1) is 8.58. The number of fused-ring (bicyclic) bond motifs is 1. The van der Waals surface area contributed by atoms with Crippen LogP contribution in [-0.2, 0) is 11.2 Å². The number of carbonyl (C=O) groups is 1. The van der Waals surface area contributed by atoms with Gasteiger partial charge in [-0.1, -0.05) is 12.1 Å². The fourth-order valence-corrected chi connectivity index (χ4v) is 2.42. The lowest BCUT2D eigenvalue weighted by atomic mass is 9.97. The molecule has 0 bridgehead atoms. The molecule has 5 nitrogen and oxygen atoms in total. The lowest BCUT2D eigenvalue weighted by molar-refractivity contribution is -0.117. The maximum atomic E-state index is 11.6. The van der Waals surface area contributed by atoms with Gasteiger partial charge in [0, 0.05) is 24.8 Å². The van der Waals surface area contributed by atoms with E-state index in [1.54, 1.807) is 11.9 Å². The molecule has 0 saturated heterocycles. The first-order valence-corrected chi connectivity index (χ1v) is 6.01. The lowest BCUT2D eigenvalue weighted by Crippen LogP contribution is -2.38. The van der Waals surface area contributed by atoms with E-state index in [0.29, 0.717) is 6.42 Å². The Morgan fingerprint density at radius 3 is 2.89 bits per heavy atom. The molecule has 2 rings (SSSR count). The molecular formula is C13H19N3O2. The van der Waals surface area contributed by atoms with Crippen molar-refractivity contribution < 1.29 is 9.90 Å². The molecule has 1 heterocycles. The van der Waals surface area contributed by atoms with Gasteiger partial charge in [-0.15, -0.1) is 0 Å². The number of aliphatic hydroxyl groups is 1. The van der Waals surface area contributed by atoms with Crippen LogP contribution < -0.4 is 16.0 Å². The second-order valence-electron chi connectivity index (χ2n) is 4.63. The zero-order chi connectivity index (χ0) is 13.3. The number of nitrogens with one attached hydrogen (secondary N) is 1. The van der Waals surface area contributed by atoms with Gasteiger partial charge in [0.15, 0.2) is 0 Å². The summed E-state index contributed by atoms with van der Waals surface area (Å²) in [5.74, 6) is 0.106. The number of hydrogen-bond acceptors (Lipinski definition) is 4. The molecule has 4 N–H and O–H groups in total. The van der Waals surface area contributed by atoms with Gasteiger partial charge in [-0.05, 0) is 24.2 Å². The van der Waals surface area contributed by atoms with E-state index >= 15 is 0 Å². The van der Waals surface area contributed by atoms with Gasteiger partial charge >= 0.3 is 0 Å². The van der Waals surface area contributed by atoms with Crippen molar-refractivity contribution in [2.24, 2.45) is 5.73 Å². The number of aliphatic hydroxyl groups excluding tert-OH is 1. The molecule has 0 saturated carbocycles. The van der Waals surface area contributed by atoms with Crippen LogP contribution in [0.15, 0.2) is 18.2 Å². The van der Waals surface area contributed by atoms with Crippen LogP contribution in [0, 0.1) is 0 Å². The number of likely N-dealkylation sites (N-methyl/N-ethyl adjacent to an activating group) is 2. The van der Waals surface area contributed by atoms with Crippen LogP contribution in [0.4, 0.5) is 5.69 Å². The van der Waals surface area contributed by atoms with Gasteiger partial charge in [0.2, 0.25) is 5.91 Å². The van der Waals surface area contributed by atoms with Gasteiger partial charge in [-0.25, -0.2) is 0 Å². The van der Waals surface area contributed by atoms with Gasteiger partial charge < -0.3 is 21.1 Å². The number of rotatable bonds is 4. The Morgan fingerprint density at radius 2 is 2.28 bits per heavy atom. The molecule has 0 aliphatic carbocycles. The molecule has 2 unspecified atom stereocenters. The molecule has 1 amide bonds. The molecule has 98 valence electrons. The van der Waals surface area contributed by atoms with Crippen molar-refractivity contribution in [2.75, 3.05) is 25.6 Å². The Bertz CT molecular complexity index is 462. The first-order valence-electron chi connectivity index (χ1n) is 6.01. The molecule has 0 spiro atoms. The first kappa shape index (κ1) is 13.0. The molecule has 18 heavy (non-hydrogen) atoms. The summed E-state index contributed by atoms with van der Waals surface area (Å²) >= 11 is 0. The second kappa shape index (κ2) is 5.06. The van der Waals surface area contributed by atoms with E-state index < -0.39 is 0 Å². The summed E-state index contributed by atoms with van der Waals surface area (Å²) in [6, 6.07) is 5.41. The van der Waals surface area contributed by atoms with Crippen LogP contribution in [0.1, 0.15) is 17.2 Å². The van der Waals surface area contributed by atoms with Gasteiger partial charge in [0.25, 0.3) is 0 Å². The molecule has 1 aromatic rings. The number of nitrogens with two attached hydrogens (primary N) is 1. The highest BCUT2D eigenvalue weighted by Crippen LogP contribution is 2.30. The number of anilines is 1. The highest BCUT2D eigenvalue weighted by Gasteiger charge is 2.26. The maximum absolute atomic E-state index is 11.6. The van der Waals surface area contributed by atoms with E-state index in [1.807, 2.05) is 25.2 Å². The summed E-state index contributed by atoms with van der Waals surface area (Å²) in [6.07, 6.45) is 0.435. The van der Waals surface area contributed by atoms with Crippen molar-refractivity contribution in [3.63, 3.8) is 0 Å². The minimum absolute atomic E-state index is 0.0819. The molecule has 2 atom stereocenters. The van der Waals surface area contributed by atoms with E-state index in [9.17, 15) is 4.79 Å². The largest absolute Gasteiger partial charge is 0.395 e. The molecule has 1 aliphatic rings. The van der Waals surface area contributed by atoms with Gasteiger partial charge in [-0.3, -0.25) is 4.79 Å². The average Bonchev–Trinajstić information content (AvgIpc) is 2.65. The van der Waals surface area contributed by atoms with Crippen LogP contribution in [-0.4, -0.2) is 37.8 Å². The van der Waals surface area contributed by atoms with Crippen LogP contribution in [0.2, 0.25) is 0 Å². The third-order valence-corrected chi connectivity index (χ3v) is 3.49. The predicted octanol–water partition coefficient (Wildman–Crippen LogP) is -0.214. The summed E-state index contributed by atoms with van der Waals surface area (Å²) in [7, 11) is 3.59. The van der Waals surface area contributed by atoms with Gasteiger partial charge in [-0.2, -0.15) is 0 Å². The monoisotopic (exact) mass is 249 g/mol. The van der Waals surface area contributed by atoms with Crippen LogP contribution in [0.3, 0.4) is 0 Å². The van der Waals surface area contributed by atoms with Crippen molar-refractivity contribution in [3.05, 3.63) is 29.3 Å². The highest BCUT2D eigenvalue weighted by atomic mass is 16.3. The fourth-order valence-electron chi connectivity index (χ4n) is 2.42. The van der Waals surface area contributed by atoms with Gasteiger partial charge in [0.1, 0.15) is 0 Å². The molecule has 0 radical (unpaired) electrons. The summed E-state index contributed by atoms with van der Waals surface area (Å²) in [6.45, 7) is -0.0819. The lowest BCUT2D eigenvalue weighted by Gasteiger charge is -2.23. The minimum atomic E-state index is -0.358. The Kier molecular flexibility index (Phi) is 3.65. The topological polar surface area (TPSA) is 78.6 Å². The third kappa shape index (κ3) is 2.12. The number of nitrogens with zero attached hydrogens (tertiary/aromatic N) is 1. The SMILES string of the molecule is CNC(c1ccc2c(c1)CC(=O)N2C)C(N)CO. The molecule has 0 aromatic heterocycles. The van der Waals surface area contributed by atoms with Crippen LogP contribution >= 0.6 is 0 Å². The zero-order valence-corrected chi connectivity index (χ0v) is 10.7. The molecule has 1 aromatic carbocycles. The van der Waals surface area contributed by atoms with E-state index in [-0.39, 0.29) is 24.6 Å². The van der Waals surface area contributed by atoms with E-state index in [0.717, 1.165) is 16.8 Å². The Labute approximate surface area is 107 Å². The average molecular weight is 249 g/mol. The van der Waals surface area contributed by atoms with Crippen LogP contribution in [0.5, 0.6) is 0 Å². The van der Waals surface area contributed by atoms with Crippen molar-refractivity contribution in [1.29, 1.82) is 0 Å². The smallest absolute Gasteiger partial charge is 0.231 e. The van der Waals surface area contributed by atoms with E-state index in [4.69, 9.17) is 10.8 Å². The Hall–Kier alpha value is -1.43. The third-order valence-electron chi connectivity index (χ3n) is 3.49. The van der Waals surface area contributed by atoms with E-state index in [2.05, 4.69) is 5.32 Å². The molecule has 0 fully saturated rings. The second-order valence-corrected chi connectivity index (χ2v) is 4.63. The Morgan fingerprint density at radius 1 is 1.56 bits per heavy atom. The van der Waals surface area contributed by atoms with Crippen molar-refractivity contribution >= 4 is 11.6 Å². The minimum Gasteiger partial charge on any atom is -0.395 e. The summed E-state index contributed by atoms with van der Waals surface area (Å²) in [4.78, 5) is 13.3.